The predicted octanol–water partition coefficient (Wildman–Crippen LogP) is 0.641. The first kappa shape index (κ1) is 10.6. The van der Waals surface area contributed by atoms with Gasteiger partial charge in [0.25, 0.3) is 5.91 Å². The topological polar surface area (TPSA) is 62.3 Å². The maximum Gasteiger partial charge on any atom is 0.252 e. The molecule has 1 aromatic heterocycles. The average molecular weight is 219 g/mol. The van der Waals surface area contributed by atoms with Gasteiger partial charge in [0.1, 0.15) is 6.04 Å². The quantitative estimate of drug-likeness (QED) is 0.758. The highest BCUT2D eigenvalue weighted by Crippen LogP contribution is 2.17. The summed E-state index contributed by atoms with van der Waals surface area (Å²) in [5.74, 6) is -0.261. The summed E-state index contributed by atoms with van der Waals surface area (Å²) >= 11 is 0. The van der Waals surface area contributed by atoms with Crippen LogP contribution in [0.4, 0.5) is 5.69 Å². The molecule has 1 saturated heterocycles. The van der Waals surface area contributed by atoms with Crippen LogP contribution in [0.5, 0.6) is 0 Å². The normalized spacial score (nSPS) is 20.3. The van der Waals surface area contributed by atoms with Crippen LogP contribution >= 0.6 is 0 Å². The standard InChI is InChI=1S/C11H13N3O2/c1-2-14-10(15)7-9(11(14)16)13-8-3-5-12-6-4-8/h3-6,9H,2,7H2,1H3,(H,12,13). The number of carbonyl (C=O) groups excluding carboxylic acids is 2. The number of amides is 2. The minimum absolute atomic E-state index is 0.112. The minimum atomic E-state index is -0.435. The van der Waals surface area contributed by atoms with E-state index in [-0.39, 0.29) is 18.2 Å². The number of nitrogens with zero attached hydrogens (tertiary/aromatic N) is 2. The number of hydrogen-bond donors (Lipinski definition) is 1. The fourth-order valence-corrected chi connectivity index (χ4v) is 1.78. The number of nitrogens with one attached hydrogen (secondary N) is 1. The third-order valence-corrected chi connectivity index (χ3v) is 2.58. The molecule has 5 nitrogen and oxygen atoms in total. The van der Waals surface area contributed by atoms with Gasteiger partial charge in [-0.2, -0.15) is 0 Å². The summed E-state index contributed by atoms with van der Waals surface area (Å²) in [5.41, 5.74) is 0.805. The maximum atomic E-state index is 11.8. The van der Waals surface area contributed by atoms with Gasteiger partial charge in [-0.05, 0) is 19.1 Å². The Hall–Kier alpha value is -1.91. The van der Waals surface area contributed by atoms with Crippen LogP contribution in [-0.2, 0) is 9.59 Å². The van der Waals surface area contributed by atoms with E-state index in [0.29, 0.717) is 6.54 Å². The molecule has 0 saturated carbocycles. The Bertz CT molecular complexity index is 405. The fraction of sp³-hybridized carbons (Fsp3) is 0.364. The summed E-state index contributed by atoms with van der Waals surface area (Å²) in [6.07, 6.45) is 3.51. The molecule has 1 aromatic rings. The van der Waals surface area contributed by atoms with Crippen LogP contribution in [0.2, 0.25) is 0 Å². The SMILES string of the molecule is CCN1C(=O)CC(Nc2ccncc2)C1=O. The van der Waals surface area contributed by atoms with Crippen LogP contribution in [0.15, 0.2) is 24.5 Å². The fourth-order valence-electron chi connectivity index (χ4n) is 1.78. The van der Waals surface area contributed by atoms with E-state index in [4.69, 9.17) is 0 Å². The molecule has 16 heavy (non-hydrogen) atoms. The van der Waals surface area contributed by atoms with Crippen molar-refractivity contribution >= 4 is 17.5 Å². The lowest BCUT2D eigenvalue weighted by molar-refractivity contribution is -0.138. The van der Waals surface area contributed by atoms with Gasteiger partial charge >= 0.3 is 0 Å². The number of carbonyl (C=O) groups is 2. The monoisotopic (exact) mass is 219 g/mol. The molecule has 1 atom stereocenters. The number of anilines is 1. The second kappa shape index (κ2) is 4.30. The van der Waals surface area contributed by atoms with Gasteiger partial charge < -0.3 is 5.32 Å². The molecular formula is C11H13N3O2. The summed E-state index contributed by atoms with van der Waals surface area (Å²) < 4.78 is 0. The van der Waals surface area contributed by atoms with Crippen LogP contribution in [-0.4, -0.2) is 34.3 Å². The van der Waals surface area contributed by atoms with Crippen LogP contribution in [0.25, 0.3) is 0 Å². The van der Waals surface area contributed by atoms with Gasteiger partial charge in [0.15, 0.2) is 0 Å². The number of rotatable bonds is 3. The predicted molar refractivity (Wildman–Crippen MR) is 58.7 cm³/mol. The highest BCUT2D eigenvalue weighted by Gasteiger charge is 2.37. The van der Waals surface area contributed by atoms with Crippen LogP contribution in [0.3, 0.4) is 0 Å². The summed E-state index contributed by atoms with van der Waals surface area (Å²) in [7, 11) is 0. The lowest BCUT2D eigenvalue weighted by Gasteiger charge is -2.13. The van der Waals surface area contributed by atoms with Crippen LogP contribution in [0, 0.1) is 0 Å². The molecule has 1 aliphatic heterocycles. The molecule has 1 unspecified atom stereocenters. The first-order chi connectivity index (χ1) is 7.72. The Morgan fingerprint density at radius 2 is 2.12 bits per heavy atom. The van der Waals surface area contributed by atoms with Crippen molar-refractivity contribution < 1.29 is 9.59 Å². The Balaban J connectivity index is 2.08. The van der Waals surface area contributed by atoms with Crippen molar-refractivity contribution in [2.75, 3.05) is 11.9 Å². The van der Waals surface area contributed by atoms with Crippen molar-refractivity contribution in [2.45, 2.75) is 19.4 Å². The number of pyridine rings is 1. The molecule has 0 aliphatic carbocycles. The molecule has 5 heteroatoms. The summed E-state index contributed by atoms with van der Waals surface area (Å²) in [5, 5.41) is 3.03. The van der Waals surface area contributed by atoms with E-state index in [2.05, 4.69) is 10.3 Å². The van der Waals surface area contributed by atoms with E-state index < -0.39 is 6.04 Å². The highest BCUT2D eigenvalue weighted by atomic mass is 16.2. The Kier molecular flexibility index (Phi) is 2.85. The Labute approximate surface area is 93.5 Å². The van der Waals surface area contributed by atoms with E-state index in [0.717, 1.165) is 5.69 Å². The van der Waals surface area contributed by atoms with Gasteiger partial charge in [-0.1, -0.05) is 0 Å². The second-order valence-electron chi connectivity index (χ2n) is 3.61. The molecule has 2 heterocycles. The van der Waals surface area contributed by atoms with Crippen LogP contribution < -0.4 is 5.32 Å². The van der Waals surface area contributed by atoms with Crippen molar-refractivity contribution in [2.24, 2.45) is 0 Å². The zero-order valence-electron chi connectivity index (χ0n) is 9.01. The van der Waals surface area contributed by atoms with E-state index in [1.54, 1.807) is 31.5 Å². The molecule has 0 spiro atoms. The largest absolute Gasteiger partial charge is 0.373 e. The van der Waals surface area contributed by atoms with Gasteiger partial charge in [-0.3, -0.25) is 19.5 Å². The van der Waals surface area contributed by atoms with Gasteiger partial charge in [-0.25, -0.2) is 0 Å². The van der Waals surface area contributed by atoms with E-state index >= 15 is 0 Å². The highest BCUT2D eigenvalue weighted by molar-refractivity contribution is 6.06. The number of aromatic nitrogens is 1. The number of likely N-dealkylation sites (tertiary alicyclic amines) is 1. The van der Waals surface area contributed by atoms with Crippen molar-refractivity contribution in [3.8, 4) is 0 Å². The molecule has 84 valence electrons. The zero-order chi connectivity index (χ0) is 11.5. The first-order valence-corrected chi connectivity index (χ1v) is 5.23. The molecule has 2 amide bonds. The number of imide groups is 1. The third-order valence-electron chi connectivity index (χ3n) is 2.58. The summed E-state index contributed by atoms with van der Waals surface area (Å²) in [6.45, 7) is 2.23. The van der Waals surface area contributed by atoms with E-state index in [1.807, 2.05) is 0 Å². The molecule has 0 bridgehead atoms. The van der Waals surface area contributed by atoms with Gasteiger partial charge in [0.05, 0.1) is 6.42 Å². The third kappa shape index (κ3) is 1.88. The number of hydrogen-bond acceptors (Lipinski definition) is 4. The Morgan fingerprint density at radius 3 is 2.69 bits per heavy atom. The molecule has 1 fully saturated rings. The summed E-state index contributed by atoms with van der Waals surface area (Å²) in [4.78, 5) is 28.4. The maximum absolute atomic E-state index is 11.8. The molecule has 0 radical (unpaired) electrons. The lowest BCUT2D eigenvalue weighted by Crippen LogP contribution is -2.34. The molecular weight excluding hydrogens is 206 g/mol. The van der Waals surface area contributed by atoms with Crippen molar-refractivity contribution in [1.82, 2.24) is 9.88 Å². The van der Waals surface area contributed by atoms with Crippen LogP contribution in [0.1, 0.15) is 13.3 Å². The van der Waals surface area contributed by atoms with E-state index in [9.17, 15) is 9.59 Å². The van der Waals surface area contributed by atoms with Gasteiger partial charge in [0.2, 0.25) is 5.91 Å². The van der Waals surface area contributed by atoms with E-state index in [1.165, 1.54) is 4.90 Å². The molecule has 1 aliphatic rings. The zero-order valence-corrected chi connectivity index (χ0v) is 9.01. The average Bonchev–Trinajstić information content (AvgIpc) is 2.55. The first-order valence-electron chi connectivity index (χ1n) is 5.23. The lowest BCUT2D eigenvalue weighted by atomic mass is 10.2. The minimum Gasteiger partial charge on any atom is -0.373 e. The smallest absolute Gasteiger partial charge is 0.252 e. The Morgan fingerprint density at radius 1 is 1.44 bits per heavy atom. The summed E-state index contributed by atoms with van der Waals surface area (Å²) in [6, 6.07) is 3.11. The van der Waals surface area contributed by atoms with Crippen molar-refractivity contribution in [3.05, 3.63) is 24.5 Å². The molecule has 1 N–H and O–H groups in total. The second-order valence-corrected chi connectivity index (χ2v) is 3.61. The number of likely N-dealkylation sites (N-methyl/N-ethyl adjacent to an activating group) is 1. The van der Waals surface area contributed by atoms with Crippen molar-refractivity contribution in [1.29, 1.82) is 0 Å². The molecule has 0 aromatic carbocycles. The van der Waals surface area contributed by atoms with Gasteiger partial charge in [-0.15, -0.1) is 0 Å². The molecule has 2 rings (SSSR count). The van der Waals surface area contributed by atoms with Crippen molar-refractivity contribution in [3.63, 3.8) is 0 Å². The van der Waals surface area contributed by atoms with Gasteiger partial charge in [0, 0.05) is 24.6 Å².